The summed E-state index contributed by atoms with van der Waals surface area (Å²) in [6.45, 7) is 6.70. The molecule has 0 spiro atoms. The lowest BCUT2D eigenvalue weighted by atomic mass is 10.0. The molecule has 82 heavy (non-hydrogen) atoms. The zero-order chi connectivity index (χ0) is 59.2. The summed E-state index contributed by atoms with van der Waals surface area (Å²) in [6.07, 6.45) is 89.1. The lowest BCUT2D eigenvalue weighted by Crippen LogP contribution is -2.30. The number of rotatable bonds is 69. The van der Waals surface area contributed by atoms with E-state index in [1.807, 2.05) is 0 Å². The van der Waals surface area contributed by atoms with Crippen LogP contribution in [-0.4, -0.2) is 37.2 Å². The minimum absolute atomic E-state index is 0.0672. The van der Waals surface area contributed by atoms with Crippen LogP contribution in [0.15, 0.2) is 36.5 Å². The Labute approximate surface area is 512 Å². The maximum Gasteiger partial charge on any atom is 0.306 e. The van der Waals surface area contributed by atoms with E-state index in [1.165, 1.54) is 308 Å². The van der Waals surface area contributed by atoms with E-state index in [0.717, 1.165) is 64.2 Å². The Morgan fingerprint density at radius 1 is 0.244 bits per heavy atom. The third-order valence-electron chi connectivity index (χ3n) is 16.9. The molecule has 1 unspecified atom stereocenters. The number of hydrogen-bond acceptors (Lipinski definition) is 6. The minimum Gasteiger partial charge on any atom is -0.462 e. The van der Waals surface area contributed by atoms with Gasteiger partial charge in [-0.3, -0.25) is 14.4 Å². The summed E-state index contributed by atoms with van der Waals surface area (Å²) in [5, 5.41) is 0. The van der Waals surface area contributed by atoms with Gasteiger partial charge >= 0.3 is 17.9 Å². The second kappa shape index (κ2) is 71.1. The topological polar surface area (TPSA) is 78.9 Å². The van der Waals surface area contributed by atoms with Crippen molar-refractivity contribution in [3.63, 3.8) is 0 Å². The second-order valence-corrected chi connectivity index (χ2v) is 25.2. The average molecular weight is 1150 g/mol. The summed E-state index contributed by atoms with van der Waals surface area (Å²) in [5.74, 6) is -0.840. The Balaban J connectivity index is 4.12. The van der Waals surface area contributed by atoms with Gasteiger partial charge in [0.05, 0.1) is 0 Å². The van der Waals surface area contributed by atoms with Crippen molar-refractivity contribution >= 4 is 17.9 Å². The number of unbranched alkanes of at least 4 members (excludes halogenated alkanes) is 52. The molecule has 1 atom stereocenters. The van der Waals surface area contributed by atoms with Crippen LogP contribution in [0.3, 0.4) is 0 Å². The molecule has 0 heterocycles. The van der Waals surface area contributed by atoms with Crippen molar-refractivity contribution in [1.82, 2.24) is 0 Å². The van der Waals surface area contributed by atoms with Crippen LogP contribution in [0.25, 0.3) is 0 Å². The fourth-order valence-electron chi connectivity index (χ4n) is 11.3. The van der Waals surface area contributed by atoms with E-state index in [4.69, 9.17) is 14.2 Å². The van der Waals surface area contributed by atoms with Crippen LogP contribution in [0.5, 0.6) is 0 Å². The van der Waals surface area contributed by atoms with Gasteiger partial charge in [0, 0.05) is 19.3 Å². The standard InChI is InChI=1S/C76H142O6/c1-4-7-10-13-16-19-22-25-28-30-31-32-33-34-35-36-37-38-39-40-41-42-43-44-45-47-48-51-54-57-60-63-66-69-75(78)81-72-73(71-80-74(77)68-65-62-59-56-53-50-27-24-21-18-15-12-9-6-3)82-76(79)70-67-64-61-58-55-52-49-46-29-26-23-20-17-14-11-8-5-2/h22,25-26,29-31,73H,4-21,23-24,27-28,32-72H2,1-3H3/b25-22-,29-26-,31-30-. The number of ether oxygens (including phenoxy) is 3. The molecule has 0 N–H and O–H groups in total. The average Bonchev–Trinajstić information content (AvgIpc) is 3.47. The molecule has 6 heteroatoms. The summed E-state index contributed by atoms with van der Waals surface area (Å²) >= 11 is 0. The van der Waals surface area contributed by atoms with Gasteiger partial charge in [0.25, 0.3) is 0 Å². The molecule has 0 fully saturated rings. The van der Waals surface area contributed by atoms with E-state index in [2.05, 4.69) is 57.2 Å². The first-order chi connectivity index (χ1) is 40.5. The normalized spacial score (nSPS) is 12.2. The fraction of sp³-hybridized carbons (Fsp3) is 0.882. The van der Waals surface area contributed by atoms with Gasteiger partial charge < -0.3 is 14.2 Å². The third-order valence-corrected chi connectivity index (χ3v) is 16.9. The van der Waals surface area contributed by atoms with Crippen LogP contribution in [0.2, 0.25) is 0 Å². The molecule has 0 amide bonds. The number of carbonyl (C=O) groups is 3. The Morgan fingerprint density at radius 3 is 0.683 bits per heavy atom. The van der Waals surface area contributed by atoms with Crippen molar-refractivity contribution < 1.29 is 28.6 Å². The van der Waals surface area contributed by atoms with Crippen molar-refractivity contribution in [1.29, 1.82) is 0 Å². The first-order valence-electron chi connectivity index (χ1n) is 37.0. The molecule has 0 saturated carbocycles. The summed E-state index contributed by atoms with van der Waals surface area (Å²) in [7, 11) is 0. The molecule has 0 aromatic carbocycles. The van der Waals surface area contributed by atoms with E-state index in [1.54, 1.807) is 0 Å². The molecule has 0 radical (unpaired) electrons. The van der Waals surface area contributed by atoms with Crippen molar-refractivity contribution in [2.24, 2.45) is 0 Å². The van der Waals surface area contributed by atoms with Crippen molar-refractivity contribution in [3.8, 4) is 0 Å². The highest BCUT2D eigenvalue weighted by Gasteiger charge is 2.19. The van der Waals surface area contributed by atoms with Crippen molar-refractivity contribution in [2.45, 2.75) is 419 Å². The van der Waals surface area contributed by atoms with Crippen LogP contribution in [0, 0.1) is 0 Å². The Kier molecular flexibility index (Phi) is 69.1. The highest BCUT2D eigenvalue weighted by atomic mass is 16.6. The predicted molar refractivity (Wildman–Crippen MR) is 358 cm³/mol. The quantitative estimate of drug-likeness (QED) is 0.0261. The highest BCUT2D eigenvalue weighted by Crippen LogP contribution is 2.19. The number of carbonyl (C=O) groups excluding carboxylic acids is 3. The highest BCUT2D eigenvalue weighted by molar-refractivity contribution is 5.71. The van der Waals surface area contributed by atoms with Gasteiger partial charge in [-0.05, 0) is 77.0 Å². The summed E-state index contributed by atoms with van der Waals surface area (Å²) in [6, 6.07) is 0. The first kappa shape index (κ1) is 79.6. The van der Waals surface area contributed by atoms with Crippen LogP contribution in [-0.2, 0) is 28.6 Å². The number of allylic oxidation sites excluding steroid dienone is 6. The van der Waals surface area contributed by atoms with Crippen LogP contribution >= 0.6 is 0 Å². The predicted octanol–water partition coefficient (Wildman–Crippen LogP) is 25.5. The number of esters is 3. The summed E-state index contributed by atoms with van der Waals surface area (Å²) < 4.78 is 17.0. The first-order valence-corrected chi connectivity index (χ1v) is 37.0. The van der Waals surface area contributed by atoms with Gasteiger partial charge in [-0.1, -0.05) is 353 Å². The molecule has 0 rings (SSSR count). The van der Waals surface area contributed by atoms with E-state index < -0.39 is 6.10 Å². The zero-order valence-corrected chi connectivity index (χ0v) is 55.5. The lowest BCUT2D eigenvalue weighted by molar-refractivity contribution is -0.167. The van der Waals surface area contributed by atoms with E-state index in [9.17, 15) is 14.4 Å². The smallest absolute Gasteiger partial charge is 0.306 e. The molecular formula is C76H142O6. The van der Waals surface area contributed by atoms with E-state index in [-0.39, 0.29) is 31.1 Å². The maximum absolute atomic E-state index is 12.9. The zero-order valence-electron chi connectivity index (χ0n) is 55.5. The Hall–Kier alpha value is -2.37. The van der Waals surface area contributed by atoms with Gasteiger partial charge in [0.2, 0.25) is 0 Å². The summed E-state index contributed by atoms with van der Waals surface area (Å²) in [5.41, 5.74) is 0. The van der Waals surface area contributed by atoms with Crippen molar-refractivity contribution in [3.05, 3.63) is 36.5 Å². The van der Waals surface area contributed by atoms with Gasteiger partial charge in [-0.25, -0.2) is 0 Å². The van der Waals surface area contributed by atoms with E-state index >= 15 is 0 Å². The molecule has 0 aromatic heterocycles. The molecular weight excluding hydrogens is 1010 g/mol. The minimum atomic E-state index is -0.771. The number of hydrogen-bond donors (Lipinski definition) is 0. The molecule has 0 aromatic rings. The molecule has 0 bridgehead atoms. The third kappa shape index (κ3) is 68.4. The molecule has 0 aliphatic carbocycles. The SMILES string of the molecule is CCCCCCC/C=C\C/C=C\CCCCCCCCCCCCCCCCCCCCCCCC(=O)OCC(COC(=O)CCCCCCCCCCCCCCCC)OC(=O)CCCCCCCCC/C=C\CCCCCCCC. The largest absolute Gasteiger partial charge is 0.462 e. The lowest BCUT2D eigenvalue weighted by Gasteiger charge is -2.18. The van der Waals surface area contributed by atoms with Gasteiger partial charge in [0.15, 0.2) is 6.10 Å². The van der Waals surface area contributed by atoms with Crippen molar-refractivity contribution in [2.75, 3.05) is 13.2 Å². The Morgan fingerprint density at radius 2 is 0.439 bits per heavy atom. The van der Waals surface area contributed by atoms with Gasteiger partial charge in [-0.2, -0.15) is 0 Å². The monoisotopic (exact) mass is 1150 g/mol. The Bertz CT molecular complexity index is 1370. The van der Waals surface area contributed by atoms with Gasteiger partial charge in [0.1, 0.15) is 13.2 Å². The maximum atomic E-state index is 12.9. The molecule has 0 aliphatic heterocycles. The van der Waals surface area contributed by atoms with Crippen LogP contribution in [0.4, 0.5) is 0 Å². The molecule has 482 valence electrons. The van der Waals surface area contributed by atoms with Crippen LogP contribution < -0.4 is 0 Å². The van der Waals surface area contributed by atoms with Crippen LogP contribution in [0.1, 0.15) is 412 Å². The molecule has 0 saturated heterocycles. The summed E-state index contributed by atoms with van der Waals surface area (Å²) in [4.78, 5) is 38.4. The van der Waals surface area contributed by atoms with E-state index in [0.29, 0.717) is 19.3 Å². The fourth-order valence-corrected chi connectivity index (χ4v) is 11.3. The van der Waals surface area contributed by atoms with Gasteiger partial charge in [-0.15, -0.1) is 0 Å². The molecule has 6 nitrogen and oxygen atoms in total. The second-order valence-electron chi connectivity index (χ2n) is 25.2. The molecule has 0 aliphatic rings.